The smallest absolute Gasteiger partial charge is 0.243 e. The van der Waals surface area contributed by atoms with Crippen LogP contribution >= 0.6 is 11.6 Å². The summed E-state index contributed by atoms with van der Waals surface area (Å²) in [5.41, 5.74) is 7.20. The number of nitrogens with one attached hydrogen (secondary N) is 1. The summed E-state index contributed by atoms with van der Waals surface area (Å²) in [6.07, 6.45) is 3.46. The Morgan fingerprint density at radius 2 is 2.13 bits per heavy atom. The van der Waals surface area contributed by atoms with Crippen LogP contribution in [0, 0.1) is 26.7 Å². The molecule has 5 nitrogen and oxygen atoms in total. The summed E-state index contributed by atoms with van der Waals surface area (Å²) in [5.74, 6) is 0.0957. The number of halogens is 1. The van der Waals surface area contributed by atoms with E-state index in [0.29, 0.717) is 10.7 Å². The quantitative estimate of drug-likeness (QED) is 0.690. The van der Waals surface area contributed by atoms with Crippen LogP contribution in [-0.2, 0) is 4.79 Å². The van der Waals surface area contributed by atoms with Crippen molar-refractivity contribution in [2.75, 3.05) is 0 Å². The largest absolute Gasteiger partial charge is 0.273 e. The van der Waals surface area contributed by atoms with E-state index in [0.717, 1.165) is 35.3 Å². The minimum Gasteiger partial charge on any atom is -0.273 e. The van der Waals surface area contributed by atoms with Crippen LogP contribution in [0.4, 0.5) is 0 Å². The lowest BCUT2D eigenvalue weighted by molar-refractivity contribution is -0.122. The van der Waals surface area contributed by atoms with Gasteiger partial charge in [0.25, 0.3) is 0 Å². The van der Waals surface area contributed by atoms with E-state index in [4.69, 9.17) is 11.6 Å². The summed E-state index contributed by atoms with van der Waals surface area (Å²) in [6.45, 7) is 5.92. The lowest BCUT2D eigenvalue weighted by atomic mass is 10.1. The van der Waals surface area contributed by atoms with Crippen LogP contribution < -0.4 is 5.43 Å². The van der Waals surface area contributed by atoms with Crippen LogP contribution in [0.2, 0.25) is 5.15 Å². The number of rotatable bonds is 4. The molecule has 120 valence electrons. The Bertz CT molecular complexity index is 790. The highest BCUT2D eigenvalue weighted by molar-refractivity contribution is 6.32. The van der Waals surface area contributed by atoms with Crippen molar-refractivity contribution in [3.63, 3.8) is 0 Å². The second-order valence-corrected chi connectivity index (χ2v) is 6.36. The van der Waals surface area contributed by atoms with Crippen LogP contribution in [0.15, 0.2) is 23.3 Å². The van der Waals surface area contributed by atoms with Crippen molar-refractivity contribution in [1.82, 2.24) is 15.2 Å². The topological polar surface area (TPSA) is 59.3 Å². The zero-order valence-electron chi connectivity index (χ0n) is 13.4. The number of aryl methyl sites for hydroxylation is 3. The number of hydrazone groups is 1. The van der Waals surface area contributed by atoms with Gasteiger partial charge < -0.3 is 0 Å². The van der Waals surface area contributed by atoms with Crippen molar-refractivity contribution in [2.45, 2.75) is 33.6 Å². The Labute approximate surface area is 140 Å². The zero-order valence-corrected chi connectivity index (χ0v) is 14.2. The molecule has 1 saturated carbocycles. The molecule has 0 aliphatic heterocycles. The minimum atomic E-state index is -0.0306. The normalized spacial score (nSPS) is 14.4. The van der Waals surface area contributed by atoms with Crippen molar-refractivity contribution < 1.29 is 4.79 Å². The fourth-order valence-corrected chi connectivity index (χ4v) is 2.68. The molecule has 0 saturated heterocycles. The van der Waals surface area contributed by atoms with Crippen LogP contribution in [0.25, 0.3) is 5.69 Å². The maximum Gasteiger partial charge on any atom is 0.243 e. The molecule has 1 aliphatic carbocycles. The first-order valence-electron chi connectivity index (χ1n) is 7.63. The minimum absolute atomic E-state index is 0.0306. The molecule has 0 unspecified atom stereocenters. The van der Waals surface area contributed by atoms with Crippen LogP contribution in [0.1, 0.15) is 35.2 Å². The zero-order chi connectivity index (χ0) is 16.6. The number of carbonyl (C=O) groups excluding carboxylic acids is 1. The number of aromatic nitrogens is 2. The van der Waals surface area contributed by atoms with E-state index in [9.17, 15) is 4.79 Å². The van der Waals surface area contributed by atoms with Gasteiger partial charge in [0.05, 0.1) is 23.2 Å². The van der Waals surface area contributed by atoms with Gasteiger partial charge in [0, 0.05) is 5.92 Å². The predicted octanol–water partition coefficient (Wildman–Crippen LogP) is 3.31. The number of hydrogen-bond acceptors (Lipinski definition) is 3. The molecule has 0 spiro atoms. The van der Waals surface area contributed by atoms with Gasteiger partial charge >= 0.3 is 0 Å². The second-order valence-electron chi connectivity index (χ2n) is 6.00. The van der Waals surface area contributed by atoms with Crippen molar-refractivity contribution >= 4 is 23.7 Å². The van der Waals surface area contributed by atoms with Crippen LogP contribution in [0.5, 0.6) is 0 Å². The first kappa shape index (κ1) is 15.7. The summed E-state index contributed by atoms with van der Waals surface area (Å²) < 4.78 is 1.71. The summed E-state index contributed by atoms with van der Waals surface area (Å²) in [7, 11) is 0. The van der Waals surface area contributed by atoms with Crippen LogP contribution in [-0.4, -0.2) is 21.9 Å². The summed E-state index contributed by atoms with van der Waals surface area (Å²) in [6, 6.07) is 6.14. The number of hydrogen-bond donors (Lipinski definition) is 1. The Morgan fingerprint density at radius 3 is 2.83 bits per heavy atom. The van der Waals surface area contributed by atoms with E-state index in [1.165, 1.54) is 0 Å². The van der Waals surface area contributed by atoms with E-state index < -0.39 is 0 Å². The van der Waals surface area contributed by atoms with E-state index in [-0.39, 0.29) is 11.8 Å². The molecule has 2 aromatic rings. The maximum absolute atomic E-state index is 11.6. The van der Waals surface area contributed by atoms with E-state index in [1.54, 1.807) is 10.9 Å². The third-order valence-corrected chi connectivity index (χ3v) is 4.32. The summed E-state index contributed by atoms with van der Waals surface area (Å²) >= 11 is 6.48. The molecule has 6 heteroatoms. The molecule has 1 amide bonds. The molecule has 1 heterocycles. The second kappa shape index (κ2) is 6.16. The molecule has 1 aromatic carbocycles. The molecule has 1 aliphatic rings. The first-order valence-corrected chi connectivity index (χ1v) is 8.01. The Morgan fingerprint density at radius 1 is 1.39 bits per heavy atom. The Balaban J connectivity index is 1.88. The molecule has 0 atom stereocenters. The fourth-order valence-electron chi connectivity index (χ4n) is 2.36. The molecule has 0 bridgehead atoms. The maximum atomic E-state index is 11.6. The first-order chi connectivity index (χ1) is 11.0. The van der Waals surface area contributed by atoms with E-state index >= 15 is 0 Å². The van der Waals surface area contributed by atoms with Gasteiger partial charge in [0.2, 0.25) is 5.91 Å². The molecular weight excluding hydrogens is 312 g/mol. The van der Waals surface area contributed by atoms with Gasteiger partial charge in [-0.2, -0.15) is 10.2 Å². The lowest BCUT2D eigenvalue weighted by Crippen LogP contribution is -2.19. The van der Waals surface area contributed by atoms with E-state index in [2.05, 4.69) is 21.7 Å². The number of benzene rings is 1. The van der Waals surface area contributed by atoms with Gasteiger partial charge in [-0.3, -0.25) is 4.79 Å². The summed E-state index contributed by atoms with van der Waals surface area (Å²) in [5, 5.41) is 9.00. The average molecular weight is 331 g/mol. The molecular formula is C17H19ClN4O. The molecule has 1 N–H and O–H groups in total. The van der Waals surface area contributed by atoms with Gasteiger partial charge in [-0.05, 0) is 50.8 Å². The van der Waals surface area contributed by atoms with Gasteiger partial charge in [0.15, 0.2) is 0 Å². The summed E-state index contributed by atoms with van der Waals surface area (Å²) in [4.78, 5) is 11.6. The highest BCUT2D eigenvalue weighted by Gasteiger charge is 2.29. The van der Waals surface area contributed by atoms with Crippen molar-refractivity contribution in [2.24, 2.45) is 11.0 Å². The highest BCUT2D eigenvalue weighted by atomic mass is 35.5. The number of carbonyl (C=O) groups is 1. The Hall–Kier alpha value is -2.14. The van der Waals surface area contributed by atoms with Gasteiger partial charge in [-0.25, -0.2) is 10.1 Å². The van der Waals surface area contributed by atoms with Crippen molar-refractivity contribution in [3.05, 3.63) is 45.7 Å². The van der Waals surface area contributed by atoms with Gasteiger partial charge in [-0.15, -0.1) is 0 Å². The lowest BCUT2D eigenvalue weighted by Gasteiger charge is -2.08. The van der Waals surface area contributed by atoms with E-state index in [1.807, 2.05) is 32.9 Å². The molecule has 0 radical (unpaired) electrons. The molecule has 23 heavy (non-hydrogen) atoms. The number of amides is 1. The standard InChI is InChI=1S/C17H19ClN4O/c1-10-4-5-11(2)15(8-10)22-16(18)14(12(3)21-22)9-19-20-17(23)13-6-7-13/h4-5,8-9,13H,6-7H2,1-3H3,(H,20,23)/b19-9-. The average Bonchev–Trinajstić information content (AvgIpc) is 3.32. The van der Waals surface area contributed by atoms with Gasteiger partial charge in [0.1, 0.15) is 5.15 Å². The molecule has 1 fully saturated rings. The third-order valence-electron chi connectivity index (χ3n) is 3.96. The van der Waals surface area contributed by atoms with Crippen molar-refractivity contribution in [3.8, 4) is 5.69 Å². The monoisotopic (exact) mass is 330 g/mol. The SMILES string of the molecule is Cc1ccc(C)c(-n2nc(C)c(/C=N\NC(=O)C3CC3)c2Cl)c1. The predicted molar refractivity (Wildman–Crippen MR) is 91.2 cm³/mol. The molecule has 1 aromatic heterocycles. The van der Waals surface area contributed by atoms with Crippen LogP contribution in [0.3, 0.4) is 0 Å². The highest BCUT2D eigenvalue weighted by Crippen LogP contribution is 2.28. The third kappa shape index (κ3) is 3.29. The Kier molecular flexibility index (Phi) is 4.22. The fraction of sp³-hybridized carbons (Fsp3) is 0.353. The number of nitrogens with zero attached hydrogens (tertiary/aromatic N) is 3. The van der Waals surface area contributed by atoms with Crippen molar-refractivity contribution in [1.29, 1.82) is 0 Å². The van der Waals surface area contributed by atoms with Gasteiger partial charge in [-0.1, -0.05) is 23.7 Å². The molecule has 3 rings (SSSR count).